The summed E-state index contributed by atoms with van der Waals surface area (Å²) in [5.41, 5.74) is -0.0669. The fourth-order valence-electron chi connectivity index (χ4n) is 2.54. The number of hydrogen-bond acceptors (Lipinski definition) is 7. The van der Waals surface area contributed by atoms with E-state index in [4.69, 9.17) is 14.5 Å². The van der Waals surface area contributed by atoms with Gasteiger partial charge in [0.15, 0.2) is 5.75 Å². The number of nitrogens with zero attached hydrogens (tertiary/aromatic N) is 5. The first-order valence-electron chi connectivity index (χ1n) is 8.07. The lowest BCUT2D eigenvalue weighted by molar-refractivity contribution is 0.205. The van der Waals surface area contributed by atoms with Crippen LogP contribution in [0.2, 0.25) is 0 Å². The van der Waals surface area contributed by atoms with Gasteiger partial charge in [0.1, 0.15) is 17.7 Å². The first kappa shape index (κ1) is 16.4. The van der Waals surface area contributed by atoms with Crippen molar-refractivity contribution in [1.82, 2.24) is 19.9 Å². The van der Waals surface area contributed by atoms with Gasteiger partial charge in [0.2, 0.25) is 0 Å². The van der Waals surface area contributed by atoms with Crippen LogP contribution in [-0.4, -0.2) is 46.2 Å². The molecule has 128 valence electrons. The molecule has 3 heterocycles. The molecule has 0 radical (unpaired) electrons. The molecule has 0 bridgehead atoms. The van der Waals surface area contributed by atoms with Crippen LogP contribution < -0.4 is 14.4 Å². The van der Waals surface area contributed by atoms with Crippen molar-refractivity contribution in [2.75, 3.05) is 25.1 Å². The fourth-order valence-corrected chi connectivity index (χ4v) is 2.54. The van der Waals surface area contributed by atoms with E-state index < -0.39 is 0 Å². The van der Waals surface area contributed by atoms with Gasteiger partial charge in [-0.15, -0.1) is 0 Å². The zero-order valence-corrected chi connectivity index (χ0v) is 14.6. The van der Waals surface area contributed by atoms with Crippen molar-refractivity contribution >= 4 is 5.82 Å². The van der Waals surface area contributed by atoms with Gasteiger partial charge in [0.05, 0.1) is 26.0 Å². The monoisotopic (exact) mass is 329 g/mol. The Morgan fingerprint density at radius 3 is 2.58 bits per heavy atom. The molecule has 24 heavy (non-hydrogen) atoms. The molecule has 0 N–H and O–H groups in total. The largest absolute Gasteiger partial charge is 0.494 e. The molecule has 1 unspecified atom stereocenters. The van der Waals surface area contributed by atoms with Crippen molar-refractivity contribution in [2.45, 2.75) is 38.7 Å². The molecule has 2 aromatic rings. The van der Waals surface area contributed by atoms with Crippen LogP contribution in [0.5, 0.6) is 11.8 Å². The minimum atomic E-state index is -0.0669. The lowest BCUT2D eigenvalue weighted by atomic mass is 9.96. The van der Waals surface area contributed by atoms with Crippen LogP contribution in [0.4, 0.5) is 5.82 Å². The second-order valence-corrected chi connectivity index (χ2v) is 6.87. The Bertz CT molecular complexity index is 684. The summed E-state index contributed by atoms with van der Waals surface area (Å²) in [6.45, 7) is 7.99. The first-order chi connectivity index (χ1) is 11.5. The minimum Gasteiger partial charge on any atom is -0.494 e. The van der Waals surface area contributed by atoms with Crippen LogP contribution in [0, 0.1) is 0 Å². The predicted octanol–water partition coefficient (Wildman–Crippen LogP) is 2.23. The Hall–Kier alpha value is -2.44. The van der Waals surface area contributed by atoms with Crippen LogP contribution in [-0.2, 0) is 5.41 Å². The molecular weight excluding hydrogens is 306 g/mol. The van der Waals surface area contributed by atoms with E-state index in [1.165, 1.54) is 0 Å². The molecule has 0 aliphatic carbocycles. The van der Waals surface area contributed by atoms with E-state index in [9.17, 15) is 0 Å². The van der Waals surface area contributed by atoms with E-state index in [-0.39, 0.29) is 11.5 Å². The fraction of sp³-hybridized carbons (Fsp3) is 0.529. The number of methoxy groups -OCH3 is 1. The maximum absolute atomic E-state index is 5.86. The lowest BCUT2D eigenvalue weighted by Crippen LogP contribution is -2.27. The van der Waals surface area contributed by atoms with Gasteiger partial charge in [-0.05, 0) is 6.07 Å². The molecule has 0 amide bonds. The summed E-state index contributed by atoms with van der Waals surface area (Å²) in [6, 6.07) is 2.32. The maximum atomic E-state index is 5.86. The highest BCUT2D eigenvalue weighted by atomic mass is 16.5. The van der Waals surface area contributed by atoms with E-state index in [0.29, 0.717) is 11.8 Å². The smallest absolute Gasteiger partial charge is 0.316 e. The van der Waals surface area contributed by atoms with Gasteiger partial charge in [-0.1, -0.05) is 20.8 Å². The van der Waals surface area contributed by atoms with Crippen LogP contribution in [0.3, 0.4) is 0 Å². The van der Waals surface area contributed by atoms with E-state index >= 15 is 0 Å². The molecule has 1 aliphatic heterocycles. The third-order valence-electron chi connectivity index (χ3n) is 3.89. The van der Waals surface area contributed by atoms with Crippen LogP contribution in [0.15, 0.2) is 24.7 Å². The van der Waals surface area contributed by atoms with E-state index in [2.05, 4.69) is 40.6 Å². The molecule has 0 aromatic carbocycles. The Morgan fingerprint density at radius 2 is 1.92 bits per heavy atom. The number of ether oxygens (including phenoxy) is 2. The highest BCUT2D eigenvalue weighted by molar-refractivity contribution is 5.39. The molecule has 1 fully saturated rings. The second-order valence-electron chi connectivity index (χ2n) is 6.87. The molecule has 1 atom stereocenters. The number of hydrogen-bond donors (Lipinski definition) is 0. The molecule has 0 spiro atoms. The van der Waals surface area contributed by atoms with Gasteiger partial charge in [-0.3, -0.25) is 0 Å². The average Bonchev–Trinajstić information content (AvgIpc) is 3.03. The van der Waals surface area contributed by atoms with Crippen molar-refractivity contribution in [3.8, 4) is 11.8 Å². The van der Waals surface area contributed by atoms with E-state index in [1.807, 2.05) is 12.3 Å². The Kier molecular flexibility index (Phi) is 4.51. The Balaban J connectivity index is 1.64. The van der Waals surface area contributed by atoms with E-state index in [0.717, 1.165) is 31.2 Å². The van der Waals surface area contributed by atoms with Gasteiger partial charge in [0.25, 0.3) is 0 Å². The molecule has 1 saturated heterocycles. The molecule has 7 nitrogen and oxygen atoms in total. The normalized spacial score (nSPS) is 17.8. The zero-order chi connectivity index (χ0) is 17.2. The SMILES string of the molecule is COc1cnc(OC2CCN(c3ccnc(C(C)(C)C)n3)C2)nc1. The summed E-state index contributed by atoms with van der Waals surface area (Å²) in [5.74, 6) is 2.41. The average molecular weight is 329 g/mol. The minimum absolute atomic E-state index is 0.0476. The van der Waals surface area contributed by atoms with Crippen molar-refractivity contribution in [1.29, 1.82) is 0 Å². The highest BCUT2D eigenvalue weighted by Crippen LogP contribution is 2.24. The number of anilines is 1. The van der Waals surface area contributed by atoms with Crippen molar-refractivity contribution in [3.05, 3.63) is 30.5 Å². The quantitative estimate of drug-likeness (QED) is 0.851. The predicted molar refractivity (Wildman–Crippen MR) is 90.6 cm³/mol. The molecule has 7 heteroatoms. The molecule has 2 aromatic heterocycles. The summed E-state index contributed by atoms with van der Waals surface area (Å²) < 4.78 is 10.9. The van der Waals surface area contributed by atoms with Crippen molar-refractivity contribution < 1.29 is 9.47 Å². The van der Waals surface area contributed by atoms with Crippen LogP contribution >= 0.6 is 0 Å². The Morgan fingerprint density at radius 1 is 1.17 bits per heavy atom. The summed E-state index contributed by atoms with van der Waals surface area (Å²) >= 11 is 0. The molecule has 1 aliphatic rings. The molecule has 3 rings (SSSR count). The van der Waals surface area contributed by atoms with Crippen molar-refractivity contribution in [3.63, 3.8) is 0 Å². The summed E-state index contributed by atoms with van der Waals surface area (Å²) in [7, 11) is 1.58. The first-order valence-corrected chi connectivity index (χ1v) is 8.07. The number of aromatic nitrogens is 4. The van der Waals surface area contributed by atoms with E-state index in [1.54, 1.807) is 19.5 Å². The number of rotatable bonds is 4. The van der Waals surface area contributed by atoms with Gasteiger partial charge in [-0.25, -0.2) is 9.97 Å². The van der Waals surface area contributed by atoms with Gasteiger partial charge < -0.3 is 14.4 Å². The molecule has 0 saturated carbocycles. The highest BCUT2D eigenvalue weighted by Gasteiger charge is 2.27. The van der Waals surface area contributed by atoms with Crippen LogP contribution in [0.1, 0.15) is 33.0 Å². The Labute approximate surface area is 142 Å². The maximum Gasteiger partial charge on any atom is 0.316 e. The van der Waals surface area contributed by atoms with Gasteiger partial charge >= 0.3 is 6.01 Å². The van der Waals surface area contributed by atoms with Crippen molar-refractivity contribution in [2.24, 2.45) is 0 Å². The van der Waals surface area contributed by atoms with Crippen LogP contribution in [0.25, 0.3) is 0 Å². The third kappa shape index (κ3) is 3.72. The van der Waals surface area contributed by atoms with Gasteiger partial charge in [0, 0.05) is 24.6 Å². The summed E-state index contributed by atoms with van der Waals surface area (Å²) in [6.07, 6.45) is 5.99. The topological polar surface area (TPSA) is 73.3 Å². The lowest BCUT2D eigenvalue weighted by Gasteiger charge is -2.21. The standard InChI is InChI=1S/C17H23N5O2/c1-17(2,3)15-18-7-5-14(21-15)22-8-6-12(11-22)24-16-19-9-13(23-4)10-20-16/h5,7,9-10,12H,6,8,11H2,1-4H3. The van der Waals surface area contributed by atoms with Gasteiger partial charge in [-0.2, -0.15) is 9.97 Å². The molecular formula is C17H23N5O2. The summed E-state index contributed by atoms with van der Waals surface area (Å²) in [5, 5.41) is 0. The zero-order valence-electron chi connectivity index (χ0n) is 14.6. The second kappa shape index (κ2) is 6.59. The summed E-state index contributed by atoms with van der Waals surface area (Å²) in [4.78, 5) is 19.6. The third-order valence-corrected chi connectivity index (χ3v) is 3.89.